The van der Waals surface area contributed by atoms with Gasteiger partial charge in [-0.25, -0.2) is 14.3 Å². The Kier molecular flexibility index (Phi) is 10.4. The SMILES string of the molecule is CCCCCCc1nn(Cc2ccccc2)c(=O)n(CCc2ccc(OC(C)(C)C(=O)OCC)cc2)c1=O. The number of nitrogens with zero attached hydrogens (tertiary/aromatic N) is 3. The number of rotatable bonds is 14. The molecule has 0 aliphatic heterocycles. The molecule has 8 heteroatoms. The highest BCUT2D eigenvalue weighted by Crippen LogP contribution is 2.20. The smallest absolute Gasteiger partial charge is 0.349 e. The van der Waals surface area contributed by atoms with Crippen LogP contribution in [-0.2, 0) is 35.5 Å². The van der Waals surface area contributed by atoms with Crippen LogP contribution in [0.5, 0.6) is 5.75 Å². The van der Waals surface area contributed by atoms with Gasteiger partial charge in [-0.15, -0.1) is 0 Å². The minimum Gasteiger partial charge on any atom is -0.476 e. The number of esters is 1. The molecule has 38 heavy (non-hydrogen) atoms. The lowest BCUT2D eigenvalue weighted by atomic mass is 10.1. The van der Waals surface area contributed by atoms with Crippen molar-refractivity contribution >= 4 is 5.97 Å². The van der Waals surface area contributed by atoms with E-state index in [4.69, 9.17) is 9.47 Å². The van der Waals surface area contributed by atoms with E-state index in [2.05, 4.69) is 12.0 Å². The van der Waals surface area contributed by atoms with Crippen LogP contribution in [0.25, 0.3) is 0 Å². The van der Waals surface area contributed by atoms with Gasteiger partial charge in [0.2, 0.25) is 0 Å². The zero-order valence-corrected chi connectivity index (χ0v) is 22.9. The Morgan fingerprint density at radius 3 is 2.26 bits per heavy atom. The molecule has 0 spiro atoms. The number of ether oxygens (including phenoxy) is 2. The fourth-order valence-electron chi connectivity index (χ4n) is 4.15. The number of aryl methyl sites for hydroxylation is 2. The molecule has 0 radical (unpaired) electrons. The van der Waals surface area contributed by atoms with E-state index in [1.54, 1.807) is 32.9 Å². The van der Waals surface area contributed by atoms with E-state index in [1.807, 2.05) is 42.5 Å². The van der Waals surface area contributed by atoms with Crippen molar-refractivity contribution in [3.8, 4) is 5.75 Å². The molecule has 1 aromatic heterocycles. The summed E-state index contributed by atoms with van der Waals surface area (Å²) in [6.45, 7) is 8.06. The quantitative estimate of drug-likeness (QED) is 0.228. The van der Waals surface area contributed by atoms with Gasteiger partial charge in [0.15, 0.2) is 5.60 Å². The normalized spacial score (nSPS) is 11.4. The number of unbranched alkanes of at least 4 members (excludes halogenated alkanes) is 3. The molecular weight excluding hydrogens is 482 g/mol. The molecule has 0 bridgehead atoms. The van der Waals surface area contributed by atoms with Gasteiger partial charge in [0.05, 0.1) is 13.2 Å². The topological polar surface area (TPSA) is 92.4 Å². The average molecular weight is 522 g/mol. The first kappa shape index (κ1) is 28.9. The summed E-state index contributed by atoms with van der Waals surface area (Å²) < 4.78 is 13.6. The van der Waals surface area contributed by atoms with Crippen molar-refractivity contribution in [2.24, 2.45) is 0 Å². The summed E-state index contributed by atoms with van der Waals surface area (Å²) in [6, 6.07) is 16.9. The predicted molar refractivity (Wildman–Crippen MR) is 148 cm³/mol. The summed E-state index contributed by atoms with van der Waals surface area (Å²) in [4.78, 5) is 38.6. The third kappa shape index (κ3) is 7.91. The Hall–Kier alpha value is -3.68. The summed E-state index contributed by atoms with van der Waals surface area (Å²) in [5.41, 5.74) is 0.485. The van der Waals surface area contributed by atoms with Gasteiger partial charge in [-0.1, -0.05) is 68.7 Å². The molecule has 0 saturated carbocycles. The maximum atomic E-state index is 13.3. The fourth-order valence-corrected chi connectivity index (χ4v) is 4.15. The van der Waals surface area contributed by atoms with Crippen LogP contribution in [0.4, 0.5) is 0 Å². The second kappa shape index (κ2) is 13.7. The van der Waals surface area contributed by atoms with Gasteiger partial charge < -0.3 is 9.47 Å². The molecule has 8 nitrogen and oxygen atoms in total. The van der Waals surface area contributed by atoms with Crippen molar-refractivity contribution in [3.63, 3.8) is 0 Å². The van der Waals surface area contributed by atoms with Gasteiger partial charge in [-0.3, -0.25) is 9.36 Å². The molecule has 3 aromatic rings. The predicted octanol–water partition coefficient (Wildman–Crippen LogP) is 4.54. The van der Waals surface area contributed by atoms with E-state index in [1.165, 1.54) is 9.25 Å². The minimum absolute atomic E-state index is 0.242. The summed E-state index contributed by atoms with van der Waals surface area (Å²) >= 11 is 0. The lowest BCUT2D eigenvalue weighted by molar-refractivity contribution is -0.158. The van der Waals surface area contributed by atoms with E-state index in [0.717, 1.165) is 36.8 Å². The Morgan fingerprint density at radius 1 is 0.895 bits per heavy atom. The Morgan fingerprint density at radius 2 is 1.61 bits per heavy atom. The molecule has 0 unspecified atom stereocenters. The molecule has 0 amide bonds. The molecule has 204 valence electrons. The summed E-state index contributed by atoms with van der Waals surface area (Å²) in [5.74, 6) is 0.103. The molecule has 0 saturated heterocycles. The fraction of sp³-hybridized carbons (Fsp3) is 0.467. The standard InChI is InChI=1S/C30H39N3O5/c1-5-7-8-12-15-26-27(34)32(29(36)33(31-26)22-24-13-10-9-11-14-24)21-20-23-16-18-25(19-17-23)38-30(3,4)28(35)37-6-2/h9-11,13-14,16-19H,5-8,12,15,20-22H2,1-4H3. The van der Waals surface area contributed by atoms with Crippen LogP contribution in [0.1, 0.15) is 70.2 Å². The van der Waals surface area contributed by atoms with Crippen LogP contribution in [0.2, 0.25) is 0 Å². The van der Waals surface area contributed by atoms with Gasteiger partial charge in [0, 0.05) is 6.54 Å². The molecule has 0 aliphatic carbocycles. The molecule has 1 heterocycles. The highest BCUT2D eigenvalue weighted by atomic mass is 16.6. The third-order valence-corrected chi connectivity index (χ3v) is 6.31. The summed E-state index contributed by atoms with van der Waals surface area (Å²) in [5, 5.41) is 4.47. The van der Waals surface area contributed by atoms with Gasteiger partial charge in [-0.05, 0) is 63.3 Å². The molecule has 0 atom stereocenters. The monoisotopic (exact) mass is 521 g/mol. The molecule has 0 aliphatic rings. The van der Waals surface area contributed by atoms with E-state index in [0.29, 0.717) is 30.8 Å². The van der Waals surface area contributed by atoms with Crippen LogP contribution < -0.4 is 16.0 Å². The summed E-state index contributed by atoms with van der Waals surface area (Å²) in [7, 11) is 0. The van der Waals surface area contributed by atoms with Crippen LogP contribution in [0.3, 0.4) is 0 Å². The van der Waals surface area contributed by atoms with Crippen molar-refractivity contribution in [1.82, 2.24) is 14.3 Å². The van der Waals surface area contributed by atoms with E-state index in [9.17, 15) is 14.4 Å². The van der Waals surface area contributed by atoms with Crippen molar-refractivity contribution < 1.29 is 14.3 Å². The number of aromatic nitrogens is 3. The second-order valence-electron chi connectivity index (χ2n) is 9.87. The largest absolute Gasteiger partial charge is 0.476 e. The molecule has 0 N–H and O–H groups in total. The average Bonchev–Trinajstić information content (AvgIpc) is 2.90. The first-order valence-corrected chi connectivity index (χ1v) is 13.4. The van der Waals surface area contributed by atoms with Crippen molar-refractivity contribution in [1.29, 1.82) is 0 Å². The van der Waals surface area contributed by atoms with Crippen molar-refractivity contribution in [3.05, 3.63) is 92.3 Å². The zero-order chi connectivity index (χ0) is 27.5. The highest BCUT2D eigenvalue weighted by molar-refractivity contribution is 5.79. The van der Waals surface area contributed by atoms with E-state index >= 15 is 0 Å². The third-order valence-electron chi connectivity index (χ3n) is 6.31. The Balaban J connectivity index is 1.78. The lowest BCUT2D eigenvalue weighted by Gasteiger charge is -2.24. The van der Waals surface area contributed by atoms with Gasteiger partial charge in [-0.2, -0.15) is 5.10 Å². The van der Waals surface area contributed by atoms with Crippen LogP contribution >= 0.6 is 0 Å². The maximum Gasteiger partial charge on any atom is 0.349 e. The van der Waals surface area contributed by atoms with Gasteiger partial charge in [0.25, 0.3) is 5.56 Å². The first-order chi connectivity index (χ1) is 18.2. The lowest BCUT2D eigenvalue weighted by Crippen LogP contribution is -2.44. The minimum atomic E-state index is -1.11. The summed E-state index contributed by atoms with van der Waals surface area (Å²) in [6.07, 6.45) is 5.14. The number of carbonyl (C=O) groups excluding carboxylic acids is 1. The maximum absolute atomic E-state index is 13.3. The molecule has 2 aromatic carbocycles. The molecule has 0 fully saturated rings. The number of hydrogen-bond acceptors (Lipinski definition) is 6. The molecular formula is C30H39N3O5. The van der Waals surface area contributed by atoms with Crippen LogP contribution in [0, 0.1) is 0 Å². The Bertz CT molecular complexity index is 1290. The highest BCUT2D eigenvalue weighted by Gasteiger charge is 2.31. The second-order valence-corrected chi connectivity index (χ2v) is 9.87. The number of carbonyl (C=O) groups is 1. The van der Waals surface area contributed by atoms with E-state index in [-0.39, 0.29) is 18.7 Å². The van der Waals surface area contributed by atoms with Gasteiger partial charge in [0.1, 0.15) is 11.4 Å². The first-order valence-electron chi connectivity index (χ1n) is 13.4. The zero-order valence-electron chi connectivity index (χ0n) is 22.9. The molecule has 3 rings (SSSR count). The van der Waals surface area contributed by atoms with E-state index < -0.39 is 17.3 Å². The van der Waals surface area contributed by atoms with Crippen molar-refractivity contribution in [2.75, 3.05) is 6.61 Å². The van der Waals surface area contributed by atoms with Crippen LogP contribution in [-0.4, -0.2) is 32.5 Å². The number of benzene rings is 2. The van der Waals surface area contributed by atoms with Crippen LogP contribution in [0.15, 0.2) is 64.2 Å². The Labute approximate surface area is 224 Å². The number of hydrogen-bond donors (Lipinski definition) is 0. The van der Waals surface area contributed by atoms with Gasteiger partial charge >= 0.3 is 11.7 Å². The van der Waals surface area contributed by atoms with Crippen molar-refractivity contribution in [2.45, 2.75) is 84.9 Å².